The molecule has 4 atom stereocenters. The minimum atomic E-state index is -1.31. The number of carbonyl (C=O) groups excluding carboxylic acids is 2. The highest BCUT2D eigenvalue weighted by Gasteiger charge is 2.73. The van der Waals surface area contributed by atoms with Crippen LogP contribution >= 0.6 is 0 Å². The number of methoxy groups -OCH3 is 4. The fourth-order valence-corrected chi connectivity index (χ4v) is 4.43. The van der Waals surface area contributed by atoms with Crippen molar-refractivity contribution in [3.8, 4) is 5.75 Å². The highest BCUT2D eigenvalue weighted by atomic mass is 16.8. The van der Waals surface area contributed by atoms with Gasteiger partial charge in [0, 0.05) is 12.7 Å². The minimum absolute atomic E-state index is 0.212. The number of rotatable bonds is 4. The molecular formula is C18H22N2O8. The topological polar surface area (TPSA) is 107 Å². The maximum atomic E-state index is 12.2. The summed E-state index contributed by atoms with van der Waals surface area (Å²) in [6, 6.07) is 2.55. The van der Waals surface area contributed by atoms with E-state index in [9.17, 15) is 14.7 Å². The van der Waals surface area contributed by atoms with E-state index >= 15 is 0 Å². The quantitative estimate of drug-likeness (QED) is 0.576. The number of benzene rings is 1. The number of hydrogen-bond donors (Lipinski definition) is 1. The highest BCUT2D eigenvalue weighted by molar-refractivity contribution is 5.92. The van der Waals surface area contributed by atoms with Crippen LogP contribution in [0, 0.1) is 0 Å². The number of hydrogen-bond acceptors (Lipinski definition) is 9. The Hall–Kier alpha value is -2.56. The van der Waals surface area contributed by atoms with Gasteiger partial charge in [0.2, 0.25) is 5.79 Å². The largest absolute Gasteiger partial charge is 0.496 e. The zero-order valence-electron chi connectivity index (χ0n) is 16.0. The first-order valence-electron chi connectivity index (χ1n) is 8.76. The number of hydroxylamine groups is 1. The molecule has 1 N–H and O–H groups in total. The molecule has 1 amide bonds. The lowest BCUT2D eigenvalue weighted by Gasteiger charge is -2.49. The van der Waals surface area contributed by atoms with Crippen LogP contribution in [0.3, 0.4) is 0 Å². The van der Waals surface area contributed by atoms with Crippen LogP contribution < -0.4 is 9.80 Å². The normalized spacial score (nSPS) is 29.5. The summed E-state index contributed by atoms with van der Waals surface area (Å²) in [7, 11) is 5.55. The van der Waals surface area contributed by atoms with Crippen LogP contribution in [0.2, 0.25) is 0 Å². The molecule has 2 fully saturated rings. The smallest absolute Gasteiger partial charge is 0.410 e. The van der Waals surface area contributed by atoms with Crippen LogP contribution in [0.1, 0.15) is 21.8 Å². The summed E-state index contributed by atoms with van der Waals surface area (Å²) in [5.41, 5.74) is 1.48. The van der Waals surface area contributed by atoms with Gasteiger partial charge in [0.15, 0.2) is 0 Å². The van der Waals surface area contributed by atoms with Crippen molar-refractivity contribution >= 4 is 17.7 Å². The molecule has 28 heavy (non-hydrogen) atoms. The van der Waals surface area contributed by atoms with Crippen LogP contribution in [0.25, 0.3) is 0 Å². The van der Waals surface area contributed by atoms with Crippen molar-refractivity contribution in [1.82, 2.24) is 4.90 Å². The molecule has 3 aliphatic rings. The van der Waals surface area contributed by atoms with Gasteiger partial charge in [-0.2, -0.15) is 0 Å². The third kappa shape index (κ3) is 2.31. The maximum absolute atomic E-state index is 12.2. The zero-order valence-corrected chi connectivity index (χ0v) is 16.0. The van der Waals surface area contributed by atoms with E-state index in [1.54, 1.807) is 17.2 Å². The first-order valence-corrected chi connectivity index (χ1v) is 8.76. The molecule has 0 aliphatic carbocycles. The van der Waals surface area contributed by atoms with Gasteiger partial charge in [-0.3, -0.25) is 4.90 Å². The SMILES string of the molecule is COC(=O)c1cc(OC)c2c(c1)N1C[C@H]3[C@H](N3C(=O)OC)[C@@](OC)(O1)[C@H]2CO. The molecule has 152 valence electrons. The average Bonchev–Trinajstić information content (AvgIpc) is 3.47. The molecular weight excluding hydrogens is 372 g/mol. The van der Waals surface area contributed by atoms with Crippen molar-refractivity contribution in [3.63, 3.8) is 0 Å². The number of carbonyl (C=O) groups is 2. The molecule has 4 rings (SSSR count). The molecule has 0 saturated carbocycles. The van der Waals surface area contributed by atoms with Crippen LogP contribution in [0.4, 0.5) is 10.5 Å². The van der Waals surface area contributed by atoms with Gasteiger partial charge >= 0.3 is 12.1 Å². The molecule has 3 aliphatic heterocycles. The summed E-state index contributed by atoms with van der Waals surface area (Å²) in [6.45, 7) is 0.0324. The summed E-state index contributed by atoms with van der Waals surface area (Å²) >= 11 is 0. The molecule has 0 spiro atoms. The number of amides is 1. The van der Waals surface area contributed by atoms with Gasteiger partial charge in [0.05, 0.1) is 57.7 Å². The summed E-state index contributed by atoms with van der Waals surface area (Å²) < 4.78 is 21.0. The average molecular weight is 394 g/mol. The number of nitrogens with zero attached hydrogens (tertiary/aromatic N) is 2. The zero-order chi connectivity index (χ0) is 20.2. The lowest BCUT2D eigenvalue weighted by atomic mass is 9.82. The summed E-state index contributed by atoms with van der Waals surface area (Å²) in [4.78, 5) is 31.9. The Morgan fingerprint density at radius 3 is 2.57 bits per heavy atom. The van der Waals surface area contributed by atoms with Gasteiger partial charge in [0.1, 0.15) is 11.8 Å². The van der Waals surface area contributed by atoms with Crippen molar-refractivity contribution < 1.29 is 38.5 Å². The van der Waals surface area contributed by atoms with E-state index in [0.717, 1.165) is 0 Å². The molecule has 0 unspecified atom stereocenters. The first-order chi connectivity index (χ1) is 13.5. The fourth-order valence-electron chi connectivity index (χ4n) is 4.43. The predicted octanol–water partition coefficient (Wildman–Crippen LogP) is 0.485. The Morgan fingerprint density at radius 1 is 1.25 bits per heavy atom. The number of anilines is 1. The molecule has 10 nitrogen and oxygen atoms in total. The number of fused-ring (bicyclic) bond motifs is 6. The number of ether oxygens (including phenoxy) is 4. The van der Waals surface area contributed by atoms with E-state index in [-0.39, 0.29) is 18.2 Å². The maximum Gasteiger partial charge on any atom is 0.410 e. The number of aliphatic hydroxyl groups excluding tert-OH is 1. The predicted molar refractivity (Wildman–Crippen MR) is 94.2 cm³/mol. The minimum Gasteiger partial charge on any atom is -0.496 e. The Balaban J connectivity index is 1.88. The second kappa shape index (κ2) is 6.50. The van der Waals surface area contributed by atoms with Crippen molar-refractivity contribution in [1.29, 1.82) is 0 Å². The molecule has 3 heterocycles. The van der Waals surface area contributed by atoms with E-state index in [2.05, 4.69) is 0 Å². The molecule has 10 heteroatoms. The number of aliphatic hydroxyl groups is 1. The third-order valence-electron chi connectivity index (χ3n) is 5.70. The molecule has 0 radical (unpaired) electrons. The molecule has 0 aromatic heterocycles. The lowest BCUT2D eigenvalue weighted by molar-refractivity contribution is -0.266. The molecule has 1 aromatic rings. The van der Waals surface area contributed by atoms with Crippen LogP contribution in [-0.2, 0) is 19.0 Å². The van der Waals surface area contributed by atoms with Gasteiger partial charge in [0.25, 0.3) is 0 Å². The van der Waals surface area contributed by atoms with Gasteiger partial charge in [-0.25, -0.2) is 19.5 Å². The Kier molecular flexibility index (Phi) is 4.36. The van der Waals surface area contributed by atoms with E-state index in [4.69, 9.17) is 23.8 Å². The van der Waals surface area contributed by atoms with Crippen LogP contribution in [-0.4, -0.2) is 81.5 Å². The third-order valence-corrected chi connectivity index (χ3v) is 5.70. The Morgan fingerprint density at radius 2 is 2.00 bits per heavy atom. The summed E-state index contributed by atoms with van der Waals surface area (Å²) in [5.74, 6) is -2.09. The van der Waals surface area contributed by atoms with Crippen molar-refractivity contribution in [2.24, 2.45) is 0 Å². The van der Waals surface area contributed by atoms with E-state index in [1.807, 2.05) is 0 Å². The van der Waals surface area contributed by atoms with Crippen molar-refractivity contribution in [2.45, 2.75) is 23.8 Å². The van der Waals surface area contributed by atoms with Gasteiger partial charge in [-0.15, -0.1) is 0 Å². The van der Waals surface area contributed by atoms with Crippen LogP contribution in [0.5, 0.6) is 5.75 Å². The van der Waals surface area contributed by atoms with Gasteiger partial charge in [-0.05, 0) is 12.1 Å². The molecule has 1 aromatic carbocycles. The van der Waals surface area contributed by atoms with E-state index in [1.165, 1.54) is 33.3 Å². The second-order valence-corrected chi connectivity index (χ2v) is 6.81. The molecule has 2 saturated heterocycles. The number of esters is 1. The van der Waals surface area contributed by atoms with E-state index < -0.39 is 29.8 Å². The summed E-state index contributed by atoms with van der Waals surface area (Å²) in [5, 5.41) is 11.8. The monoisotopic (exact) mass is 394 g/mol. The fraction of sp³-hybridized carbons (Fsp3) is 0.556. The lowest BCUT2D eigenvalue weighted by Crippen LogP contribution is -2.60. The van der Waals surface area contributed by atoms with Crippen molar-refractivity contribution in [3.05, 3.63) is 23.3 Å². The van der Waals surface area contributed by atoms with Crippen molar-refractivity contribution in [2.75, 3.05) is 46.7 Å². The Labute approximate surface area is 161 Å². The standard InChI is InChI=1S/C18H22N2O8/c1-24-13-6-9(16(22)25-2)5-11-14(13)10(8-21)18(27-4)15-12(7-19(11)28-18)20(15)17(23)26-3/h5-6,10,12,15,21H,7-8H2,1-4H3/t10-,12-,15-,18-,20?/m0/s1. The van der Waals surface area contributed by atoms with Gasteiger partial charge < -0.3 is 24.1 Å². The van der Waals surface area contributed by atoms with E-state index in [0.29, 0.717) is 23.5 Å². The Bertz CT molecular complexity index is 830. The summed E-state index contributed by atoms with van der Waals surface area (Å²) in [6.07, 6.45) is -0.494. The highest BCUT2D eigenvalue weighted by Crippen LogP contribution is 2.58. The second-order valence-electron chi connectivity index (χ2n) is 6.81. The first kappa shape index (κ1) is 18.8. The van der Waals surface area contributed by atoms with Gasteiger partial charge in [-0.1, -0.05) is 0 Å². The van der Waals surface area contributed by atoms with Crippen LogP contribution in [0.15, 0.2) is 12.1 Å². The molecule has 2 bridgehead atoms.